The van der Waals surface area contributed by atoms with Gasteiger partial charge in [0.05, 0.1) is 11.4 Å². The second-order valence-electron chi connectivity index (χ2n) is 7.81. The molecule has 0 aliphatic rings. The van der Waals surface area contributed by atoms with Crippen molar-refractivity contribution >= 4 is 39.9 Å². The lowest BCUT2D eigenvalue weighted by Gasteiger charge is -2.25. The normalized spacial score (nSPS) is 11.6. The minimum absolute atomic E-state index is 0.0716. The molecule has 0 atom stereocenters. The molecule has 0 bridgehead atoms. The average Bonchev–Trinajstić information content (AvgIpc) is 2.58. The maximum Gasteiger partial charge on any atom is 0.307 e. The monoisotopic (exact) mass is 416 g/mol. The Morgan fingerprint density at radius 3 is 2.25 bits per heavy atom. The highest BCUT2D eigenvalue weighted by molar-refractivity contribution is 6.33. The molecular weight excluding hydrogens is 395 g/mol. The van der Waals surface area contributed by atoms with Crippen molar-refractivity contribution in [1.29, 1.82) is 0 Å². The van der Waals surface area contributed by atoms with E-state index < -0.39 is 11.6 Å². The van der Waals surface area contributed by atoms with E-state index in [0.29, 0.717) is 15.8 Å². The molecule has 146 valence electrons. The second kappa shape index (κ2) is 7.65. The van der Waals surface area contributed by atoms with Crippen LogP contribution in [0.2, 0.25) is 10.0 Å². The highest BCUT2D eigenvalue weighted by Crippen LogP contribution is 2.42. The number of benzene rings is 3. The molecule has 0 aliphatic heterocycles. The Bertz CT molecular complexity index is 1050. The van der Waals surface area contributed by atoms with Gasteiger partial charge in [0.1, 0.15) is 11.4 Å². The summed E-state index contributed by atoms with van der Waals surface area (Å²) < 4.78 is 6.16. The Hall–Kier alpha value is -2.23. The molecule has 0 heterocycles. The Kier molecular flexibility index (Phi) is 5.60. The van der Waals surface area contributed by atoms with Crippen LogP contribution in [-0.4, -0.2) is 16.7 Å². The summed E-state index contributed by atoms with van der Waals surface area (Å²) in [5, 5.41) is 12.4. The van der Waals surface area contributed by atoms with E-state index in [1.54, 1.807) is 18.2 Å². The summed E-state index contributed by atoms with van der Waals surface area (Å²) >= 11 is 12.5. The first-order valence-corrected chi connectivity index (χ1v) is 9.74. The Balaban J connectivity index is 2.40. The van der Waals surface area contributed by atoms with Crippen molar-refractivity contribution in [3.63, 3.8) is 0 Å². The number of aliphatic carboxylic acids is 1. The van der Waals surface area contributed by atoms with Gasteiger partial charge in [0.2, 0.25) is 0 Å². The number of hydrogen-bond donors (Lipinski definition) is 1. The van der Waals surface area contributed by atoms with Crippen LogP contribution < -0.4 is 4.74 Å². The van der Waals surface area contributed by atoms with Crippen LogP contribution in [-0.2, 0) is 11.2 Å². The van der Waals surface area contributed by atoms with Crippen LogP contribution in [0.1, 0.15) is 31.9 Å². The minimum atomic E-state index is -0.877. The van der Waals surface area contributed by atoms with Crippen molar-refractivity contribution < 1.29 is 14.6 Å². The van der Waals surface area contributed by atoms with Crippen LogP contribution >= 0.6 is 23.2 Å². The van der Waals surface area contributed by atoms with Gasteiger partial charge < -0.3 is 9.84 Å². The van der Waals surface area contributed by atoms with Crippen LogP contribution in [0.25, 0.3) is 21.9 Å². The molecule has 0 saturated carbocycles. The third-order valence-corrected chi connectivity index (χ3v) is 4.97. The third kappa shape index (κ3) is 4.26. The Morgan fingerprint density at radius 2 is 1.68 bits per heavy atom. The van der Waals surface area contributed by atoms with Crippen LogP contribution in [0.4, 0.5) is 0 Å². The number of carboxylic acid groups (broad SMARTS) is 1. The fraction of sp³-hybridized carbons (Fsp3) is 0.261. The lowest BCUT2D eigenvalue weighted by atomic mass is 9.88. The summed E-state index contributed by atoms with van der Waals surface area (Å²) in [6.07, 6.45) is -0.0716. The van der Waals surface area contributed by atoms with Gasteiger partial charge >= 0.3 is 5.97 Å². The van der Waals surface area contributed by atoms with E-state index in [9.17, 15) is 9.90 Å². The van der Waals surface area contributed by atoms with E-state index in [2.05, 4.69) is 0 Å². The fourth-order valence-corrected chi connectivity index (χ4v) is 3.66. The summed E-state index contributed by atoms with van der Waals surface area (Å²) in [6, 6.07) is 13.1. The molecule has 0 aliphatic carbocycles. The van der Waals surface area contributed by atoms with Gasteiger partial charge in [0, 0.05) is 10.4 Å². The van der Waals surface area contributed by atoms with Gasteiger partial charge in [-0.25, -0.2) is 0 Å². The van der Waals surface area contributed by atoms with Crippen LogP contribution in [0, 0.1) is 6.92 Å². The van der Waals surface area contributed by atoms with Gasteiger partial charge in [-0.1, -0.05) is 41.4 Å². The van der Waals surface area contributed by atoms with E-state index in [-0.39, 0.29) is 6.42 Å². The highest BCUT2D eigenvalue weighted by atomic mass is 35.5. The van der Waals surface area contributed by atoms with Gasteiger partial charge in [-0.05, 0) is 79.6 Å². The van der Waals surface area contributed by atoms with Crippen molar-refractivity contribution in [2.75, 3.05) is 0 Å². The number of halogens is 2. The smallest absolute Gasteiger partial charge is 0.307 e. The second-order valence-corrected chi connectivity index (χ2v) is 8.65. The largest absolute Gasteiger partial charge is 0.486 e. The number of carbonyl (C=O) groups is 1. The van der Waals surface area contributed by atoms with E-state index in [1.165, 1.54) is 0 Å². The molecule has 5 heteroatoms. The Labute approximate surface area is 174 Å². The van der Waals surface area contributed by atoms with Crippen molar-refractivity contribution in [3.8, 4) is 16.9 Å². The number of carboxylic acids is 1. The summed E-state index contributed by atoms with van der Waals surface area (Å²) in [6.45, 7) is 7.81. The van der Waals surface area contributed by atoms with E-state index >= 15 is 0 Å². The predicted molar refractivity (Wildman–Crippen MR) is 116 cm³/mol. The quantitative estimate of drug-likeness (QED) is 0.501. The molecule has 3 nitrogen and oxygen atoms in total. The zero-order chi connectivity index (χ0) is 20.6. The molecule has 0 aromatic heterocycles. The summed E-state index contributed by atoms with van der Waals surface area (Å²) in [4.78, 5) is 11.5. The molecule has 3 rings (SSSR count). The summed E-state index contributed by atoms with van der Waals surface area (Å²) in [7, 11) is 0. The molecule has 0 amide bonds. The summed E-state index contributed by atoms with van der Waals surface area (Å²) in [5.41, 5.74) is 2.99. The Morgan fingerprint density at radius 1 is 1.04 bits per heavy atom. The fourth-order valence-electron chi connectivity index (χ4n) is 3.33. The molecule has 0 spiro atoms. The molecule has 1 N–H and O–H groups in total. The van der Waals surface area contributed by atoms with Crippen molar-refractivity contribution in [2.45, 2.75) is 39.7 Å². The van der Waals surface area contributed by atoms with Gasteiger partial charge in [-0.2, -0.15) is 0 Å². The first kappa shape index (κ1) is 20.5. The zero-order valence-corrected chi connectivity index (χ0v) is 17.8. The predicted octanol–water partition coefficient (Wildman–Crippen LogP) is 6.93. The topological polar surface area (TPSA) is 46.5 Å². The standard InChI is InChI=1S/C23H22Cl2O3/c1-13-11-18-16(9-10-19(25)22(18)28-23(2,3)4)21(17(13)12-20(26)27)14-5-7-15(24)8-6-14/h5-11H,12H2,1-4H3,(H,26,27). The van der Waals surface area contributed by atoms with Crippen LogP contribution in [0.5, 0.6) is 5.75 Å². The van der Waals surface area contributed by atoms with Gasteiger partial charge in [0.25, 0.3) is 0 Å². The average molecular weight is 417 g/mol. The van der Waals surface area contributed by atoms with Gasteiger partial charge in [-0.3, -0.25) is 4.79 Å². The molecule has 28 heavy (non-hydrogen) atoms. The zero-order valence-electron chi connectivity index (χ0n) is 16.3. The molecule has 3 aromatic carbocycles. The van der Waals surface area contributed by atoms with E-state index in [4.69, 9.17) is 27.9 Å². The maximum absolute atomic E-state index is 11.5. The third-order valence-electron chi connectivity index (χ3n) is 4.43. The number of rotatable bonds is 4. The first-order chi connectivity index (χ1) is 13.1. The number of fused-ring (bicyclic) bond motifs is 1. The molecule has 0 unspecified atom stereocenters. The molecule has 0 radical (unpaired) electrons. The molecular formula is C23H22Cl2O3. The summed E-state index contributed by atoms with van der Waals surface area (Å²) in [5.74, 6) is -0.273. The van der Waals surface area contributed by atoms with E-state index in [1.807, 2.05) is 52.0 Å². The van der Waals surface area contributed by atoms with Crippen molar-refractivity contribution in [1.82, 2.24) is 0 Å². The lowest BCUT2D eigenvalue weighted by Crippen LogP contribution is -2.23. The number of hydrogen-bond acceptors (Lipinski definition) is 2. The molecule has 0 fully saturated rings. The van der Waals surface area contributed by atoms with Crippen LogP contribution in [0.3, 0.4) is 0 Å². The van der Waals surface area contributed by atoms with Gasteiger partial charge in [-0.15, -0.1) is 0 Å². The minimum Gasteiger partial charge on any atom is -0.486 e. The van der Waals surface area contributed by atoms with Crippen LogP contribution in [0.15, 0.2) is 42.5 Å². The lowest BCUT2D eigenvalue weighted by molar-refractivity contribution is -0.136. The van der Waals surface area contributed by atoms with Gasteiger partial charge in [0.15, 0.2) is 0 Å². The maximum atomic E-state index is 11.5. The SMILES string of the molecule is Cc1cc2c(OC(C)(C)C)c(Cl)ccc2c(-c2ccc(Cl)cc2)c1CC(=O)O. The first-order valence-electron chi connectivity index (χ1n) is 8.98. The van der Waals surface area contributed by atoms with Crippen molar-refractivity contribution in [2.24, 2.45) is 0 Å². The van der Waals surface area contributed by atoms with Crippen molar-refractivity contribution in [3.05, 3.63) is 63.6 Å². The highest BCUT2D eigenvalue weighted by Gasteiger charge is 2.21. The number of ether oxygens (including phenoxy) is 1. The molecule has 0 saturated heterocycles. The molecule has 3 aromatic rings. The van der Waals surface area contributed by atoms with E-state index in [0.717, 1.165) is 33.0 Å². The number of aryl methyl sites for hydroxylation is 1.